The number of nitrogens with one attached hydrogen (secondary N) is 1. The van der Waals surface area contributed by atoms with Gasteiger partial charge >= 0.3 is 12.1 Å². The number of ketones is 1. The normalized spacial score (nSPS) is 12.8. The maximum atomic E-state index is 13.9. The fourth-order valence-corrected chi connectivity index (χ4v) is 5.74. The molecular weight excluding hydrogens is 646 g/mol. The lowest BCUT2D eigenvalue weighted by molar-refractivity contribution is -0.167. The Balaban J connectivity index is 1.61. The second-order valence-electron chi connectivity index (χ2n) is 13.0. The smallest absolute Gasteiger partial charge is 0.408 e. The summed E-state index contributed by atoms with van der Waals surface area (Å²) in [6.45, 7) is 1.79. The van der Waals surface area contributed by atoms with Crippen LogP contribution in [-0.4, -0.2) is 48.0 Å². The van der Waals surface area contributed by atoms with E-state index in [-0.39, 0.29) is 33.0 Å². The minimum absolute atomic E-state index is 0.0244. The molecule has 0 aromatic heterocycles. The number of Topliss-reactive ketones (excluding diaryl/α,β-unsaturated/α-hetero) is 1. The number of benzene rings is 3. The van der Waals surface area contributed by atoms with Crippen molar-refractivity contribution >= 4 is 17.8 Å². The zero-order valence-corrected chi connectivity index (χ0v) is 30.3. The van der Waals surface area contributed by atoms with E-state index in [4.69, 9.17) is 18.9 Å². The van der Waals surface area contributed by atoms with Crippen LogP contribution in [-0.2, 0) is 48.4 Å². The highest BCUT2D eigenvalue weighted by Gasteiger charge is 2.49. The summed E-state index contributed by atoms with van der Waals surface area (Å²) >= 11 is 0. The summed E-state index contributed by atoms with van der Waals surface area (Å²) in [6.07, 6.45) is 8.97. The van der Waals surface area contributed by atoms with Gasteiger partial charge in [-0.2, -0.15) is 0 Å². The summed E-state index contributed by atoms with van der Waals surface area (Å²) in [4.78, 5) is 39.3. The van der Waals surface area contributed by atoms with E-state index >= 15 is 0 Å². The molecule has 51 heavy (non-hydrogen) atoms. The van der Waals surface area contributed by atoms with Gasteiger partial charge in [-0.3, -0.25) is 4.79 Å². The Labute approximate surface area is 304 Å². The average Bonchev–Trinajstić information content (AvgIpc) is 3.16. The highest BCUT2D eigenvalue weighted by atomic mass is 16.7. The summed E-state index contributed by atoms with van der Waals surface area (Å²) in [5, 5.41) is 14.3. The first-order valence-corrected chi connectivity index (χ1v) is 18.5. The second-order valence-corrected chi connectivity index (χ2v) is 13.0. The van der Waals surface area contributed by atoms with Crippen molar-refractivity contribution in [1.82, 2.24) is 5.32 Å². The molecule has 0 unspecified atom stereocenters. The van der Waals surface area contributed by atoms with Crippen molar-refractivity contribution in [3.8, 4) is 0 Å². The Kier molecular flexibility index (Phi) is 20.3. The molecule has 3 aromatic rings. The molecule has 0 saturated heterocycles. The zero-order chi connectivity index (χ0) is 36.4. The Morgan fingerprint density at radius 3 is 1.69 bits per heavy atom. The van der Waals surface area contributed by atoms with Crippen LogP contribution in [0.3, 0.4) is 0 Å². The van der Waals surface area contributed by atoms with Crippen LogP contribution in [0.1, 0.15) is 107 Å². The van der Waals surface area contributed by atoms with Crippen LogP contribution in [0.2, 0.25) is 0 Å². The Bertz CT molecular complexity index is 1370. The summed E-state index contributed by atoms with van der Waals surface area (Å²) in [6, 6.07) is 28.0. The fourth-order valence-electron chi connectivity index (χ4n) is 5.74. The second kappa shape index (κ2) is 25.0. The number of aliphatic hydroxyl groups is 1. The first-order valence-electron chi connectivity index (χ1n) is 18.5. The van der Waals surface area contributed by atoms with Gasteiger partial charge in [0.05, 0.1) is 19.3 Å². The van der Waals surface area contributed by atoms with Crippen molar-refractivity contribution < 1.29 is 38.4 Å². The SMILES string of the molecule is CCCCCCC(=O)CCCCCCCC[C@@H](O)[C@](COCOCc1ccccc1)(NC(=O)OCc1ccccc1)C(=O)OCc1ccccc1. The molecule has 9 nitrogen and oxygen atoms in total. The summed E-state index contributed by atoms with van der Waals surface area (Å²) < 4.78 is 22.7. The van der Waals surface area contributed by atoms with Gasteiger partial charge in [0.25, 0.3) is 0 Å². The molecule has 278 valence electrons. The van der Waals surface area contributed by atoms with Crippen molar-refractivity contribution in [3.63, 3.8) is 0 Å². The summed E-state index contributed by atoms with van der Waals surface area (Å²) in [5.41, 5.74) is 0.515. The van der Waals surface area contributed by atoms with Gasteiger partial charge in [-0.1, -0.05) is 149 Å². The molecule has 0 bridgehead atoms. The van der Waals surface area contributed by atoms with Gasteiger partial charge in [-0.25, -0.2) is 9.59 Å². The summed E-state index contributed by atoms with van der Waals surface area (Å²) in [7, 11) is 0. The van der Waals surface area contributed by atoms with Gasteiger partial charge in [-0.15, -0.1) is 0 Å². The molecule has 1 amide bonds. The van der Waals surface area contributed by atoms with E-state index in [1.807, 2.05) is 91.0 Å². The molecule has 0 radical (unpaired) electrons. The Morgan fingerprint density at radius 1 is 0.627 bits per heavy atom. The van der Waals surface area contributed by atoms with Crippen LogP contribution >= 0.6 is 0 Å². The molecule has 0 fully saturated rings. The molecule has 0 aliphatic rings. The number of hydrogen-bond donors (Lipinski definition) is 2. The van der Waals surface area contributed by atoms with Crippen molar-refractivity contribution in [2.24, 2.45) is 0 Å². The number of hydrogen-bond acceptors (Lipinski definition) is 8. The molecule has 9 heteroatoms. The molecule has 0 heterocycles. The van der Waals surface area contributed by atoms with Gasteiger partial charge in [-0.05, 0) is 36.0 Å². The molecule has 0 aliphatic heterocycles. The third kappa shape index (κ3) is 16.7. The van der Waals surface area contributed by atoms with Crippen LogP contribution in [0.25, 0.3) is 0 Å². The first kappa shape index (κ1) is 41.4. The molecule has 3 aromatic carbocycles. The molecule has 2 atom stereocenters. The zero-order valence-electron chi connectivity index (χ0n) is 30.3. The number of carbonyl (C=O) groups excluding carboxylic acids is 3. The number of aliphatic hydroxyl groups excluding tert-OH is 1. The minimum atomic E-state index is -1.96. The minimum Gasteiger partial charge on any atom is -0.459 e. The number of alkyl carbamates (subject to hydrolysis) is 1. The summed E-state index contributed by atoms with van der Waals surface area (Å²) in [5.74, 6) is -0.481. The molecule has 0 saturated carbocycles. The molecule has 0 spiro atoms. The fraction of sp³-hybridized carbons (Fsp3) is 0.500. The number of rotatable bonds is 27. The maximum absolute atomic E-state index is 13.9. The lowest BCUT2D eigenvalue weighted by Crippen LogP contribution is -2.65. The molecule has 0 aliphatic carbocycles. The first-order chi connectivity index (χ1) is 24.9. The largest absolute Gasteiger partial charge is 0.459 e. The van der Waals surface area contributed by atoms with Crippen LogP contribution in [0.5, 0.6) is 0 Å². The molecule has 2 N–H and O–H groups in total. The predicted octanol–water partition coefficient (Wildman–Crippen LogP) is 8.61. The van der Waals surface area contributed by atoms with E-state index < -0.39 is 30.3 Å². The van der Waals surface area contributed by atoms with E-state index in [1.54, 1.807) is 0 Å². The third-order valence-electron chi connectivity index (χ3n) is 8.78. The van der Waals surface area contributed by atoms with E-state index in [0.29, 0.717) is 25.0 Å². The topological polar surface area (TPSA) is 120 Å². The van der Waals surface area contributed by atoms with Gasteiger partial charge in [0.2, 0.25) is 0 Å². The quantitative estimate of drug-likeness (QED) is 0.0460. The lowest BCUT2D eigenvalue weighted by Gasteiger charge is -2.36. The Hall–Kier alpha value is -4.05. The van der Waals surface area contributed by atoms with Gasteiger partial charge in [0, 0.05) is 12.8 Å². The van der Waals surface area contributed by atoms with E-state index in [9.17, 15) is 19.5 Å². The van der Waals surface area contributed by atoms with Gasteiger partial charge < -0.3 is 29.4 Å². The van der Waals surface area contributed by atoms with Gasteiger partial charge in [0.1, 0.15) is 25.8 Å². The number of amides is 1. The molecular formula is C42H57NO8. The standard InChI is InChI=1S/C42H57NO8/c1-2-3-4-18-27-38(44)28-19-7-5-6-8-20-29-39(45)42(40(46)50-31-36-23-14-10-15-24-36,33-49-34-48-30-35-21-12-9-13-22-35)43-41(47)51-32-37-25-16-11-17-26-37/h9-17,21-26,39,45H,2-8,18-20,27-34H2,1H3,(H,43,47)/t39-,42+/m1/s1. The van der Waals surface area contributed by atoms with Crippen molar-refractivity contribution in [2.45, 2.75) is 122 Å². The number of esters is 1. The highest BCUT2D eigenvalue weighted by molar-refractivity contribution is 5.87. The van der Waals surface area contributed by atoms with Crippen molar-refractivity contribution in [1.29, 1.82) is 0 Å². The average molecular weight is 704 g/mol. The number of carbonyl (C=O) groups is 3. The third-order valence-corrected chi connectivity index (χ3v) is 8.78. The predicted molar refractivity (Wildman–Crippen MR) is 197 cm³/mol. The van der Waals surface area contributed by atoms with E-state index in [0.717, 1.165) is 61.6 Å². The van der Waals surface area contributed by atoms with E-state index in [1.165, 1.54) is 12.8 Å². The van der Waals surface area contributed by atoms with Crippen molar-refractivity contribution in [2.75, 3.05) is 13.4 Å². The van der Waals surface area contributed by atoms with Crippen molar-refractivity contribution in [3.05, 3.63) is 108 Å². The van der Waals surface area contributed by atoms with Crippen LogP contribution in [0, 0.1) is 0 Å². The lowest BCUT2D eigenvalue weighted by atomic mass is 9.89. The number of ether oxygens (including phenoxy) is 4. The Morgan fingerprint density at radius 2 is 1.12 bits per heavy atom. The van der Waals surface area contributed by atoms with E-state index in [2.05, 4.69) is 12.2 Å². The van der Waals surface area contributed by atoms with Crippen LogP contribution < -0.4 is 5.32 Å². The van der Waals surface area contributed by atoms with Crippen LogP contribution in [0.4, 0.5) is 4.79 Å². The molecule has 3 rings (SSSR count). The maximum Gasteiger partial charge on any atom is 0.408 e. The highest BCUT2D eigenvalue weighted by Crippen LogP contribution is 2.23. The van der Waals surface area contributed by atoms with Crippen LogP contribution in [0.15, 0.2) is 91.0 Å². The monoisotopic (exact) mass is 703 g/mol. The van der Waals surface area contributed by atoms with Gasteiger partial charge in [0.15, 0.2) is 5.54 Å². The number of unbranched alkanes of at least 4 members (excludes halogenated alkanes) is 8.